The van der Waals surface area contributed by atoms with Gasteiger partial charge in [-0.25, -0.2) is 4.98 Å². The fourth-order valence-corrected chi connectivity index (χ4v) is 8.31. The molecule has 0 amide bonds. The number of nitrogens with zero attached hydrogens (tertiary/aromatic N) is 1. The zero-order valence-corrected chi connectivity index (χ0v) is 27.8. The van der Waals surface area contributed by atoms with Crippen LogP contribution in [-0.2, 0) is 0 Å². The Hall–Kier alpha value is -5.83. The molecule has 1 aliphatic carbocycles. The van der Waals surface area contributed by atoms with Gasteiger partial charge in [0.25, 0.3) is 0 Å². The summed E-state index contributed by atoms with van der Waals surface area (Å²) in [6.45, 7) is 0. The maximum Gasteiger partial charge on any atom is 0.0715 e. The van der Waals surface area contributed by atoms with E-state index in [2.05, 4.69) is 164 Å². The highest BCUT2D eigenvalue weighted by atomic mass is 32.1. The van der Waals surface area contributed by atoms with Gasteiger partial charge in [-0.05, 0) is 86.8 Å². The topological polar surface area (TPSA) is 12.9 Å². The van der Waals surface area contributed by atoms with Gasteiger partial charge in [-0.2, -0.15) is 0 Å². The van der Waals surface area contributed by atoms with E-state index in [4.69, 9.17) is 4.98 Å². The Morgan fingerprint density at radius 2 is 0.898 bits per heavy atom. The summed E-state index contributed by atoms with van der Waals surface area (Å²) in [7, 11) is 0. The lowest BCUT2D eigenvalue weighted by molar-refractivity contribution is 1.13. The van der Waals surface area contributed by atoms with Crippen molar-refractivity contribution in [1.29, 1.82) is 0 Å². The second kappa shape index (κ2) is 12.6. The van der Waals surface area contributed by atoms with Crippen LogP contribution in [0.2, 0.25) is 0 Å². The van der Waals surface area contributed by atoms with E-state index in [1.165, 1.54) is 58.8 Å². The van der Waals surface area contributed by atoms with E-state index < -0.39 is 0 Å². The van der Waals surface area contributed by atoms with E-state index in [0.717, 1.165) is 40.9 Å². The summed E-state index contributed by atoms with van der Waals surface area (Å²) in [6.07, 6.45) is 7.08. The highest BCUT2D eigenvalue weighted by Gasteiger charge is 2.12. The van der Waals surface area contributed by atoms with E-state index in [-0.39, 0.29) is 0 Å². The van der Waals surface area contributed by atoms with Crippen molar-refractivity contribution in [3.05, 3.63) is 174 Å². The predicted molar refractivity (Wildman–Crippen MR) is 210 cm³/mol. The molecule has 6 aromatic carbocycles. The molecule has 0 unspecified atom stereocenters. The Balaban J connectivity index is 1.05. The van der Waals surface area contributed by atoms with Gasteiger partial charge in [0.1, 0.15) is 0 Å². The van der Waals surface area contributed by atoms with Gasteiger partial charge in [0, 0.05) is 25.7 Å². The summed E-state index contributed by atoms with van der Waals surface area (Å²) in [5.41, 5.74) is 13.9. The number of benzene rings is 6. The lowest BCUT2D eigenvalue weighted by Crippen LogP contribution is -2.20. The first-order valence-corrected chi connectivity index (χ1v) is 17.7. The highest BCUT2D eigenvalue weighted by Crippen LogP contribution is 2.35. The van der Waals surface area contributed by atoms with Gasteiger partial charge in [-0.15, -0.1) is 11.3 Å². The molecular weight excluding hydrogens is 611 g/mol. The molecule has 0 bridgehead atoms. The van der Waals surface area contributed by atoms with Crippen LogP contribution >= 0.6 is 11.3 Å². The molecule has 2 heterocycles. The molecule has 0 atom stereocenters. The van der Waals surface area contributed by atoms with Crippen LogP contribution in [0.5, 0.6) is 0 Å². The summed E-state index contributed by atoms with van der Waals surface area (Å²) in [4.78, 5) is 5.07. The Kier molecular flexibility index (Phi) is 7.57. The Morgan fingerprint density at radius 3 is 1.53 bits per heavy atom. The van der Waals surface area contributed by atoms with Crippen LogP contribution in [0.1, 0.15) is 12.8 Å². The molecule has 9 rings (SSSR count). The minimum atomic E-state index is 0.973. The molecule has 0 aliphatic heterocycles. The molecule has 0 N–H and O–H groups in total. The SMILES string of the molecule is C1=c2sc3c(-c4cccc(-c5ccc(-c6cccc(-c7cc(-c8ccccc8)nc(-c8ccccc8)c7)c6)cc5)c4)cccc3c2=CCC1. The lowest BCUT2D eigenvalue weighted by Gasteiger charge is -2.12. The minimum Gasteiger partial charge on any atom is -0.248 e. The smallest absolute Gasteiger partial charge is 0.0715 e. The molecule has 1 nitrogen and oxygen atoms in total. The van der Waals surface area contributed by atoms with E-state index in [9.17, 15) is 0 Å². The van der Waals surface area contributed by atoms with Crippen molar-refractivity contribution in [3.8, 4) is 67.0 Å². The number of pyridine rings is 1. The summed E-state index contributed by atoms with van der Waals surface area (Å²) in [6, 6.07) is 58.9. The van der Waals surface area contributed by atoms with Crippen molar-refractivity contribution in [2.75, 3.05) is 0 Å². The summed E-state index contributed by atoms with van der Waals surface area (Å²) >= 11 is 1.93. The summed E-state index contributed by atoms with van der Waals surface area (Å²) < 4.78 is 2.80. The van der Waals surface area contributed by atoms with Crippen molar-refractivity contribution in [2.24, 2.45) is 0 Å². The number of fused-ring (bicyclic) bond motifs is 3. The monoisotopic (exact) mass is 643 g/mol. The fraction of sp³-hybridized carbons (Fsp3) is 0.0426. The number of hydrogen-bond donors (Lipinski definition) is 0. The average Bonchev–Trinajstić information content (AvgIpc) is 3.58. The first-order chi connectivity index (χ1) is 24.3. The summed E-state index contributed by atoms with van der Waals surface area (Å²) in [5, 5.41) is 2.80. The van der Waals surface area contributed by atoms with Crippen molar-refractivity contribution in [3.63, 3.8) is 0 Å². The first kappa shape index (κ1) is 29.3. The molecule has 0 saturated carbocycles. The number of thiophene rings is 1. The molecule has 2 aromatic heterocycles. The number of aromatic nitrogens is 1. The highest BCUT2D eigenvalue weighted by molar-refractivity contribution is 7.17. The molecule has 2 heteroatoms. The normalized spacial score (nSPS) is 12.2. The van der Waals surface area contributed by atoms with Gasteiger partial charge in [-0.1, -0.05) is 152 Å². The minimum absolute atomic E-state index is 0.973. The number of hydrogen-bond acceptors (Lipinski definition) is 2. The quantitative estimate of drug-likeness (QED) is 0.176. The van der Waals surface area contributed by atoms with Crippen LogP contribution in [0.25, 0.3) is 89.3 Å². The lowest BCUT2D eigenvalue weighted by atomic mass is 9.95. The first-order valence-electron chi connectivity index (χ1n) is 16.9. The van der Waals surface area contributed by atoms with Crippen LogP contribution in [-0.4, -0.2) is 4.98 Å². The van der Waals surface area contributed by atoms with Crippen molar-refractivity contribution in [1.82, 2.24) is 4.98 Å². The third kappa shape index (κ3) is 5.71. The molecule has 49 heavy (non-hydrogen) atoms. The van der Waals surface area contributed by atoms with E-state index >= 15 is 0 Å². The Labute approximate surface area is 290 Å². The van der Waals surface area contributed by atoms with Crippen LogP contribution in [0, 0.1) is 0 Å². The van der Waals surface area contributed by atoms with E-state index in [0.29, 0.717) is 0 Å². The Morgan fingerprint density at radius 1 is 0.388 bits per heavy atom. The molecule has 0 fully saturated rings. The second-order valence-corrected chi connectivity index (χ2v) is 13.7. The van der Waals surface area contributed by atoms with Crippen LogP contribution in [0.15, 0.2) is 164 Å². The zero-order valence-electron chi connectivity index (χ0n) is 27.0. The maximum atomic E-state index is 5.07. The largest absolute Gasteiger partial charge is 0.248 e. The van der Waals surface area contributed by atoms with Gasteiger partial charge < -0.3 is 0 Å². The van der Waals surface area contributed by atoms with E-state index in [1.807, 2.05) is 23.5 Å². The third-order valence-corrected chi connectivity index (χ3v) is 10.8. The van der Waals surface area contributed by atoms with E-state index in [1.54, 1.807) is 0 Å². The molecule has 1 aliphatic rings. The third-order valence-electron chi connectivity index (χ3n) is 9.51. The van der Waals surface area contributed by atoms with Crippen LogP contribution in [0.3, 0.4) is 0 Å². The van der Waals surface area contributed by atoms with Crippen molar-refractivity contribution in [2.45, 2.75) is 12.8 Å². The maximum absolute atomic E-state index is 5.07. The van der Waals surface area contributed by atoms with Gasteiger partial charge in [0.15, 0.2) is 0 Å². The molecule has 0 radical (unpaired) electrons. The molecule has 232 valence electrons. The molecule has 8 aromatic rings. The molecule has 0 spiro atoms. The van der Waals surface area contributed by atoms with Gasteiger partial charge in [-0.3, -0.25) is 0 Å². The van der Waals surface area contributed by atoms with Gasteiger partial charge in [0.05, 0.1) is 11.4 Å². The predicted octanol–water partition coefficient (Wildman–Crippen LogP) is 11.7. The molecule has 0 saturated heterocycles. The van der Waals surface area contributed by atoms with Crippen LogP contribution < -0.4 is 9.75 Å². The van der Waals surface area contributed by atoms with Crippen LogP contribution in [0.4, 0.5) is 0 Å². The zero-order chi connectivity index (χ0) is 32.6. The van der Waals surface area contributed by atoms with Crippen molar-refractivity contribution >= 4 is 33.6 Å². The average molecular weight is 644 g/mol. The van der Waals surface area contributed by atoms with Gasteiger partial charge in [0.2, 0.25) is 0 Å². The standard InChI is InChI=1S/C47H33NS/c1-3-12-34(13-4-1)44-30-40(31-45(48-44)35-14-5-2-6-15-35)38-18-9-16-36(28-38)32-24-26-33(27-25-32)37-17-10-19-39(29-37)41-21-11-22-43-42-20-7-8-23-46(42)49-47(41)43/h1-6,9-31H,7-8H2. The number of rotatable bonds is 6. The second-order valence-electron chi connectivity index (χ2n) is 12.6. The van der Waals surface area contributed by atoms with Crippen molar-refractivity contribution < 1.29 is 0 Å². The Bertz CT molecular complexity index is 2520. The van der Waals surface area contributed by atoms with Gasteiger partial charge >= 0.3 is 0 Å². The summed E-state index contributed by atoms with van der Waals surface area (Å²) in [5.74, 6) is 0. The molecular formula is C47H33NS. The fourth-order valence-electron chi connectivity index (χ4n) is 7.00.